The third-order valence-corrected chi connectivity index (χ3v) is 4.64. The first-order chi connectivity index (χ1) is 11.2. The SMILES string of the molecule is CN1CCC[C@@H](NC(=O)Nc2ccnc(N3CCCCC3)c2)C1. The lowest BCUT2D eigenvalue weighted by molar-refractivity contribution is 0.216. The van der Waals surface area contributed by atoms with Gasteiger partial charge in [0.15, 0.2) is 0 Å². The predicted molar refractivity (Wildman–Crippen MR) is 93.0 cm³/mol. The fraction of sp³-hybridized carbons (Fsp3) is 0.647. The van der Waals surface area contributed by atoms with Gasteiger partial charge in [0.25, 0.3) is 0 Å². The normalized spacial score (nSPS) is 22.7. The molecule has 126 valence electrons. The van der Waals surface area contributed by atoms with Gasteiger partial charge in [-0.25, -0.2) is 9.78 Å². The molecule has 1 atom stereocenters. The fourth-order valence-corrected chi connectivity index (χ4v) is 3.43. The van der Waals surface area contributed by atoms with E-state index in [1.54, 1.807) is 6.20 Å². The van der Waals surface area contributed by atoms with Crippen LogP contribution in [0.4, 0.5) is 16.3 Å². The lowest BCUT2D eigenvalue weighted by Crippen LogP contribution is -2.47. The number of pyridine rings is 1. The van der Waals surface area contributed by atoms with Crippen LogP contribution in [0.5, 0.6) is 0 Å². The van der Waals surface area contributed by atoms with Crippen molar-refractivity contribution in [2.24, 2.45) is 0 Å². The van der Waals surface area contributed by atoms with E-state index in [9.17, 15) is 4.79 Å². The monoisotopic (exact) mass is 317 g/mol. The number of nitrogens with zero attached hydrogens (tertiary/aromatic N) is 3. The second-order valence-electron chi connectivity index (χ2n) is 6.65. The molecule has 2 fully saturated rings. The average molecular weight is 317 g/mol. The fourth-order valence-electron chi connectivity index (χ4n) is 3.43. The van der Waals surface area contributed by atoms with Crippen molar-refractivity contribution in [3.63, 3.8) is 0 Å². The molecule has 1 aromatic rings. The second-order valence-corrected chi connectivity index (χ2v) is 6.65. The van der Waals surface area contributed by atoms with Crippen molar-refractivity contribution in [3.8, 4) is 0 Å². The minimum absolute atomic E-state index is 0.124. The van der Waals surface area contributed by atoms with E-state index in [0.717, 1.165) is 50.5 Å². The first kappa shape index (κ1) is 16.1. The van der Waals surface area contributed by atoms with Crippen molar-refractivity contribution in [3.05, 3.63) is 18.3 Å². The number of carbonyl (C=O) groups is 1. The van der Waals surface area contributed by atoms with Crippen LogP contribution in [0.15, 0.2) is 18.3 Å². The second kappa shape index (κ2) is 7.64. The van der Waals surface area contributed by atoms with Crippen molar-refractivity contribution in [1.82, 2.24) is 15.2 Å². The van der Waals surface area contributed by atoms with Gasteiger partial charge < -0.3 is 20.4 Å². The van der Waals surface area contributed by atoms with Gasteiger partial charge in [-0.2, -0.15) is 0 Å². The highest BCUT2D eigenvalue weighted by atomic mass is 16.2. The minimum Gasteiger partial charge on any atom is -0.357 e. The van der Waals surface area contributed by atoms with Gasteiger partial charge in [-0.05, 0) is 51.8 Å². The van der Waals surface area contributed by atoms with Gasteiger partial charge >= 0.3 is 6.03 Å². The highest BCUT2D eigenvalue weighted by Gasteiger charge is 2.19. The highest BCUT2D eigenvalue weighted by Crippen LogP contribution is 2.20. The van der Waals surface area contributed by atoms with E-state index >= 15 is 0 Å². The molecule has 2 amide bonds. The Balaban J connectivity index is 1.55. The highest BCUT2D eigenvalue weighted by molar-refractivity contribution is 5.89. The van der Waals surface area contributed by atoms with Gasteiger partial charge in [-0.15, -0.1) is 0 Å². The van der Waals surface area contributed by atoms with Crippen molar-refractivity contribution >= 4 is 17.5 Å². The third kappa shape index (κ3) is 4.58. The Kier molecular flexibility index (Phi) is 5.33. The van der Waals surface area contributed by atoms with Crippen molar-refractivity contribution in [1.29, 1.82) is 0 Å². The average Bonchev–Trinajstić information content (AvgIpc) is 2.56. The molecule has 2 saturated heterocycles. The van der Waals surface area contributed by atoms with E-state index in [1.807, 2.05) is 12.1 Å². The van der Waals surface area contributed by atoms with Crippen molar-refractivity contribution in [2.75, 3.05) is 43.4 Å². The van der Waals surface area contributed by atoms with Crippen LogP contribution >= 0.6 is 0 Å². The number of aromatic nitrogens is 1. The van der Waals surface area contributed by atoms with Crippen molar-refractivity contribution in [2.45, 2.75) is 38.1 Å². The van der Waals surface area contributed by atoms with Crippen LogP contribution < -0.4 is 15.5 Å². The quantitative estimate of drug-likeness (QED) is 0.898. The Morgan fingerprint density at radius 2 is 2.04 bits per heavy atom. The molecule has 2 aliphatic rings. The maximum absolute atomic E-state index is 12.2. The first-order valence-electron chi connectivity index (χ1n) is 8.68. The molecule has 2 N–H and O–H groups in total. The lowest BCUT2D eigenvalue weighted by atomic mass is 10.1. The lowest BCUT2D eigenvalue weighted by Gasteiger charge is -2.30. The Hall–Kier alpha value is -1.82. The van der Waals surface area contributed by atoms with Gasteiger partial charge in [0.1, 0.15) is 5.82 Å². The zero-order valence-corrected chi connectivity index (χ0v) is 13.9. The van der Waals surface area contributed by atoms with Crippen LogP contribution in [0, 0.1) is 0 Å². The molecule has 0 saturated carbocycles. The Morgan fingerprint density at radius 1 is 1.22 bits per heavy atom. The Morgan fingerprint density at radius 3 is 2.83 bits per heavy atom. The number of piperidine rings is 2. The molecule has 6 heteroatoms. The van der Waals surface area contributed by atoms with Gasteiger partial charge in [-0.3, -0.25) is 0 Å². The maximum Gasteiger partial charge on any atom is 0.319 e. The van der Waals surface area contributed by atoms with Gasteiger partial charge in [0.05, 0.1) is 0 Å². The molecule has 0 aromatic carbocycles. The summed E-state index contributed by atoms with van der Waals surface area (Å²) < 4.78 is 0. The molecule has 2 aliphatic heterocycles. The number of hydrogen-bond donors (Lipinski definition) is 2. The standard InChI is InChI=1S/C17H27N5O/c1-21-9-5-6-15(13-21)20-17(23)19-14-7-8-18-16(12-14)22-10-3-2-4-11-22/h7-8,12,15H,2-6,9-11,13H2,1H3,(H2,18,19,20,23)/t15-/m1/s1. The molecule has 3 rings (SSSR count). The topological polar surface area (TPSA) is 60.5 Å². The number of carbonyl (C=O) groups excluding carboxylic acids is 1. The molecule has 0 spiro atoms. The number of amides is 2. The van der Waals surface area contributed by atoms with Gasteiger partial charge in [-0.1, -0.05) is 0 Å². The van der Waals surface area contributed by atoms with Crippen molar-refractivity contribution < 1.29 is 4.79 Å². The molecule has 0 aliphatic carbocycles. The summed E-state index contributed by atoms with van der Waals surface area (Å²) in [7, 11) is 2.10. The zero-order chi connectivity index (χ0) is 16.1. The minimum atomic E-state index is -0.124. The van der Waals surface area contributed by atoms with E-state index < -0.39 is 0 Å². The number of anilines is 2. The molecule has 3 heterocycles. The first-order valence-corrected chi connectivity index (χ1v) is 8.68. The smallest absolute Gasteiger partial charge is 0.319 e. The number of likely N-dealkylation sites (N-methyl/N-ethyl adjacent to an activating group) is 1. The summed E-state index contributed by atoms with van der Waals surface area (Å²) in [5.74, 6) is 0.958. The molecular formula is C17H27N5O. The molecule has 0 unspecified atom stereocenters. The maximum atomic E-state index is 12.2. The summed E-state index contributed by atoms with van der Waals surface area (Å²) in [6.07, 6.45) is 7.69. The Bertz CT molecular complexity index is 529. The summed E-state index contributed by atoms with van der Waals surface area (Å²) in [6, 6.07) is 3.93. The van der Waals surface area contributed by atoms with Gasteiger partial charge in [0.2, 0.25) is 0 Å². The molecule has 0 radical (unpaired) electrons. The summed E-state index contributed by atoms with van der Waals surface area (Å²) >= 11 is 0. The van der Waals surface area contributed by atoms with Gasteiger partial charge in [0, 0.05) is 43.6 Å². The van der Waals surface area contributed by atoms with E-state index in [0.29, 0.717) is 0 Å². The van der Waals surface area contributed by atoms with Crippen LogP contribution in [0.1, 0.15) is 32.1 Å². The largest absolute Gasteiger partial charge is 0.357 e. The Labute approximate surface area is 138 Å². The molecule has 6 nitrogen and oxygen atoms in total. The molecule has 1 aromatic heterocycles. The molecular weight excluding hydrogens is 290 g/mol. The number of likely N-dealkylation sites (tertiary alicyclic amines) is 1. The third-order valence-electron chi connectivity index (χ3n) is 4.64. The number of hydrogen-bond acceptors (Lipinski definition) is 4. The van der Waals surface area contributed by atoms with Crippen LogP contribution in [0.2, 0.25) is 0 Å². The predicted octanol–water partition coefficient (Wildman–Crippen LogP) is 2.29. The zero-order valence-electron chi connectivity index (χ0n) is 13.9. The summed E-state index contributed by atoms with van der Waals surface area (Å²) in [5.41, 5.74) is 0.808. The van der Waals surface area contributed by atoms with E-state index in [4.69, 9.17) is 0 Å². The molecule has 23 heavy (non-hydrogen) atoms. The summed E-state index contributed by atoms with van der Waals surface area (Å²) in [6.45, 7) is 4.14. The van der Waals surface area contributed by atoms with Crippen LogP contribution in [-0.2, 0) is 0 Å². The van der Waals surface area contributed by atoms with Crippen LogP contribution in [0.25, 0.3) is 0 Å². The number of urea groups is 1. The van der Waals surface area contributed by atoms with E-state index in [1.165, 1.54) is 19.3 Å². The van der Waals surface area contributed by atoms with E-state index in [2.05, 4.69) is 32.5 Å². The summed E-state index contributed by atoms with van der Waals surface area (Å²) in [5, 5.41) is 6.02. The number of nitrogens with one attached hydrogen (secondary N) is 2. The number of rotatable bonds is 3. The summed E-state index contributed by atoms with van der Waals surface area (Å²) in [4.78, 5) is 21.2. The van der Waals surface area contributed by atoms with Crippen LogP contribution in [-0.4, -0.2) is 55.2 Å². The van der Waals surface area contributed by atoms with E-state index in [-0.39, 0.29) is 12.1 Å². The molecule has 0 bridgehead atoms. The van der Waals surface area contributed by atoms with Crippen LogP contribution in [0.3, 0.4) is 0 Å².